The zero-order valence-electron chi connectivity index (χ0n) is 27.1. The molecule has 6 heteroatoms. The van der Waals surface area contributed by atoms with Crippen LogP contribution in [0.15, 0.2) is 72.9 Å². The van der Waals surface area contributed by atoms with E-state index in [0.717, 1.165) is 29.0 Å². The zero-order chi connectivity index (χ0) is 31.6. The van der Waals surface area contributed by atoms with Crippen LogP contribution in [0.3, 0.4) is 0 Å². The lowest BCUT2D eigenvalue weighted by Crippen LogP contribution is -2.36. The van der Waals surface area contributed by atoms with Gasteiger partial charge in [-0.1, -0.05) is 102 Å². The van der Waals surface area contributed by atoms with Crippen molar-refractivity contribution in [2.45, 2.75) is 58.8 Å². The fourth-order valence-electron chi connectivity index (χ4n) is 4.79. The molecule has 0 saturated carbocycles. The number of carbonyl (C=O) groups excluding carboxylic acids is 2. The average molecular weight is 585 g/mol. The van der Waals surface area contributed by atoms with Crippen molar-refractivity contribution in [2.75, 3.05) is 40.4 Å². The fraction of sp³-hybridized carbons (Fsp3) is 0.405. The molecule has 1 saturated heterocycles. The second-order valence-electron chi connectivity index (χ2n) is 12.9. The summed E-state index contributed by atoms with van der Waals surface area (Å²) in [7, 11) is 3.34. The van der Waals surface area contributed by atoms with Gasteiger partial charge < -0.3 is 19.3 Å². The first-order valence-electron chi connectivity index (χ1n) is 15.0. The molecule has 0 aromatic heterocycles. The van der Waals surface area contributed by atoms with Crippen LogP contribution in [0.4, 0.5) is 0 Å². The highest BCUT2D eigenvalue weighted by Crippen LogP contribution is 2.30. The van der Waals surface area contributed by atoms with Crippen molar-refractivity contribution < 1.29 is 19.1 Å². The number of benzene rings is 2. The Kier molecular flexibility index (Phi) is 11.6. The van der Waals surface area contributed by atoms with Gasteiger partial charge in [0.15, 0.2) is 0 Å². The highest BCUT2D eigenvalue weighted by atomic mass is 16.5. The maximum atomic E-state index is 12.8. The number of nitrogens with zero attached hydrogens (tertiary/aromatic N) is 2. The Labute approximate surface area is 258 Å². The molecular weight excluding hydrogens is 536 g/mol. The summed E-state index contributed by atoms with van der Waals surface area (Å²) in [5.41, 5.74) is 4.40. The minimum absolute atomic E-state index is 0.0382. The smallest absolute Gasteiger partial charge is 0.246 e. The van der Waals surface area contributed by atoms with Gasteiger partial charge in [0, 0.05) is 49.5 Å². The second-order valence-corrected chi connectivity index (χ2v) is 12.9. The highest BCUT2D eigenvalue weighted by molar-refractivity contribution is 5.89. The van der Waals surface area contributed by atoms with Crippen molar-refractivity contribution in [3.8, 4) is 11.5 Å². The SMILES string of the molecule is COc1cc(C(C)(C)C)ccc1/C=C/C=C/C(=O)N1CCCN(C(=O)/C=C/C=C/c2ccc(C(C)(C)C)cc2OC)CC1. The summed E-state index contributed by atoms with van der Waals surface area (Å²) in [6, 6.07) is 12.4. The van der Waals surface area contributed by atoms with Gasteiger partial charge in [-0.25, -0.2) is 0 Å². The molecule has 0 atom stereocenters. The average Bonchev–Trinajstić information content (AvgIpc) is 3.23. The minimum Gasteiger partial charge on any atom is -0.496 e. The maximum absolute atomic E-state index is 12.8. The summed E-state index contributed by atoms with van der Waals surface area (Å²) in [6.07, 6.45) is 15.0. The van der Waals surface area contributed by atoms with E-state index in [1.54, 1.807) is 48.3 Å². The molecule has 1 aliphatic rings. The van der Waals surface area contributed by atoms with Gasteiger partial charge in [-0.05, 0) is 40.5 Å². The van der Waals surface area contributed by atoms with Gasteiger partial charge in [-0.15, -0.1) is 0 Å². The van der Waals surface area contributed by atoms with Crippen LogP contribution in [0.2, 0.25) is 0 Å². The Balaban J connectivity index is 1.53. The molecule has 3 rings (SSSR count). The molecule has 230 valence electrons. The first kappa shape index (κ1) is 33.4. The number of ether oxygens (including phenoxy) is 2. The lowest BCUT2D eigenvalue weighted by Gasteiger charge is -2.20. The Morgan fingerprint density at radius 2 is 1.02 bits per heavy atom. The molecule has 0 bridgehead atoms. The normalized spacial score (nSPS) is 15.2. The predicted octanol–water partition coefficient (Wildman–Crippen LogP) is 7.20. The summed E-state index contributed by atoms with van der Waals surface area (Å²) < 4.78 is 11.2. The molecule has 43 heavy (non-hydrogen) atoms. The molecule has 0 unspecified atom stereocenters. The van der Waals surface area contributed by atoms with Crippen LogP contribution >= 0.6 is 0 Å². The van der Waals surface area contributed by atoms with E-state index >= 15 is 0 Å². The monoisotopic (exact) mass is 584 g/mol. The van der Waals surface area contributed by atoms with Crippen LogP contribution in [-0.4, -0.2) is 62.0 Å². The minimum atomic E-state index is -0.0566. The third-order valence-electron chi connectivity index (χ3n) is 7.57. The van der Waals surface area contributed by atoms with Crippen molar-refractivity contribution >= 4 is 24.0 Å². The molecule has 1 aliphatic heterocycles. The van der Waals surface area contributed by atoms with E-state index in [4.69, 9.17) is 9.47 Å². The molecule has 6 nitrogen and oxygen atoms in total. The van der Waals surface area contributed by atoms with Gasteiger partial charge >= 0.3 is 0 Å². The topological polar surface area (TPSA) is 59.1 Å². The third-order valence-corrected chi connectivity index (χ3v) is 7.57. The maximum Gasteiger partial charge on any atom is 0.246 e. The van der Waals surface area contributed by atoms with Crippen LogP contribution in [-0.2, 0) is 20.4 Å². The second kappa shape index (κ2) is 14.9. The zero-order valence-corrected chi connectivity index (χ0v) is 27.1. The van der Waals surface area contributed by atoms with Crippen LogP contribution < -0.4 is 9.47 Å². The molecule has 1 fully saturated rings. The number of hydrogen-bond acceptors (Lipinski definition) is 4. The van der Waals surface area contributed by atoms with E-state index in [9.17, 15) is 9.59 Å². The summed E-state index contributed by atoms with van der Waals surface area (Å²) in [5.74, 6) is 1.50. The number of rotatable bonds is 8. The van der Waals surface area contributed by atoms with Crippen LogP contribution in [0.25, 0.3) is 12.2 Å². The van der Waals surface area contributed by atoms with E-state index < -0.39 is 0 Å². The Hall–Kier alpha value is -4.06. The number of carbonyl (C=O) groups is 2. The number of amides is 2. The molecule has 0 spiro atoms. The largest absolute Gasteiger partial charge is 0.496 e. The van der Waals surface area contributed by atoms with Crippen molar-refractivity contribution in [2.24, 2.45) is 0 Å². The third kappa shape index (κ3) is 9.74. The summed E-state index contributed by atoms with van der Waals surface area (Å²) in [6.45, 7) is 15.3. The Morgan fingerprint density at radius 1 is 0.628 bits per heavy atom. The van der Waals surface area contributed by atoms with E-state index in [-0.39, 0.29) is 22.6 Å². The van der Waals surface area contributed by atoms with Gasteiger partial charge in [0.05, 0.1) is 14.2 Å². The van der Waals surface area contributed by atoms with E-state index in [1.165, 1.54) is 11.1 Å². The first-order valence-corrected chi connectivity index (χ1v) is 15.0. The predicted molar refractivity (Wildman–Crippen MR) is 178 cm³/mol. The van der Waals surface area contributed by atoms with E-state index in [0.29, 0.717) is 26.2 Å². The van der Waals surface area contributed by atoms with Gasteiger partial charge in [-0.3, -0.25) is 9.59 Å². The fourth-order valence-corrected chi connectivity index (χ4v) is 4.79. The van der Waals surface area contributed by atoms with Crippen LogP contribution in [0, 0.1) is 0 Å². The number of hydrogen-bond donors (Lipinski definition) is 0. The molecular formula is C37H48N2O4. The van der Waals surface area contributed by atoms with Gasteiger partial charge in [0.25, 0.3) is 0 Å². The summed E-state index contributed by atoms with van der Waals surface area (Å²) in [4.78, 5) is 29.3. The van der Waals surface area contributed by atoms with Crippen molar-refractivity contribution in [3.05, 3.63) is 95.1 Å². The molecule has 2 amide bonds. The standard InChI is InChI=1S/C37H48N2O4/c1-36(2,3)30-20-18-28(32(26-30)42-7)14-9-11-16-34(40)38-22-13-23-39(25-24-38)35(41)17-12-10-15-29-19-21-31(37(4,5)6)27-33(29)43-8/h9-12,14-21,26-27H,13,22-25H2,1-8H3/b14-9+,15-10+,16-11+,17-12+. The number of methoxy groups -OCH3 is 2. The summed E-state index contributed by atoms with van der Waals surface area (Å²) >= 11 is 0. The molecule has 0 radical (unpaired) electrons. The molecule has 2 aromatic rings. The summed E-state index contributed by atoms with van der Waals surface area (Å²) in [5, 5.41) is 0. The van der Waals surface area contributed by atoms with Crippen LogP contribution in [0.1, 0.15) is 70.2 Å². The molecule has 2 aromatic carbocycles. The van der Waals surface area contributed by atoms with Gasteiger partial charge in [-0.2, -0.15) is 0 Å². The molecule has 0 aliphatic carbocycles. The quantitative estimate of drug-likeness (QED) is 0.243. The van der Waals surface area contributed by atoms with Gasteiger partial charge in [0.2, 0.25) is 11.8 Å². The van der Waals surface area contributed by atoms with Crippen LogP contribution in [0.5, 0.6) is 11.5 Å². The number of allylic oxidation sites excluding steroid dienone is 4. The molecule has 1 heterocycles. The first-order chi connectivity index (χ1) is 20.3. The molecule has 0 N–H and O–H groups in total. The Bertz CT molecular complexity index is 1280. The lowest BCUT2D eigenvalue weighted by atomic mass is 9.86. The highest BCUT2D eigenvalue weighted by Gasteiger charge is 2.20. The van der Waals surface area contributed by atoms with Crippen molar-refractivity contribution in [1.29, 1.82) is 0 Å². The lowest BCUT2D eigenvalue weighted by molar-refractivity contribution is -0.128. The van der Waals surface area contributed by atoms with Gasteiger partial charge in [0.1, 0.15) is 11.5 Å². The van der Waals surface area contributed by atoms with E-state index in [1.807, 2.05) is 36.4 Å². The van der Waals surface area contributed by atoms with Crippen molar-refractivity contribution in [1.82, 2.24) is 9.80 Å². The Morgan fingerprint density at radius 3 is 1.37 bits per heavy atom. The van der Waals surface area contributed by atoms with Crippen molar-refractivity contribution in [3.63, 3.8) is 0 Å². The van der Waals surface area contributed by atoms with E-state index in [2.05, 4.69) is 65.8 Å².